The van der Waals surface area contributed by atoms with Crippen molar-refractivity contribution in [2.75, 3.05) is 25.6 Å². The number of aliphatic hydroxyl groups excluding tert-OH is 3. The van der Waals surface area contributed by atoms with E-state index in [0.717, 1.165) is 45.7 Å². The first-order valence-corrected chi connectivity index (χ1v) is 16.5. The van der Waals surface area contributed by atoms with Gasteiger partial charge in [0.15, 0.2) is 0 Å². The topological polar surface area (TPSA) is 135 Å². The lowest BCUT2D eigenvalue weighted by atomic mass is 9.94. The van der Waals surface area contributed by atoms with E-state index in [2.05, 4.69) is 0 Å². The predicted molar refractivity (Wildman–Crippen MR) is 185 cm³/mol. The Morgan fingerprint density at radius 1 is 0.979 bits per heavy atom. The van der Waals surface area contributed by atoms with Gasteiger partial charge in [-0.2, -0.15) is 0 Å². The number of nitrogens with two attached hydrogens (primary N) is 1. The van der Waals surface area contributed by atoms with Gasteiger partial charge in [0, 0.05) is 47.7 Å². The molecule has 0 saturated carbocycles. The summed E-state index contributed by atoms with van der Waals surface area (Å²) in [5.74, 6) is 1.46. The number of ether oxygens (including phenoxy) is 3. The number of phenols is 1. The van der Waals surface area contributed by atoms with Crippen molar-refractivity contribution in [3.05, 3.63) is 118 Å². The molecule has 0 aliphatic carbocycles. The molecule has 0 spiro atoms. The third-order valence-electron chi connectivity index (χ3n) is 8.11. The Morgan fingerprint density at radius 3 is 2.40 bits per heavy atom. The largest absolute Gasteiger partial charge is 0.508 e. The zero-order chi connectivity index (χ0) is 34.6. The van der Waals surface area contributed by atoms with Gasteiger partial charge in [-0.05, 0) is 85.0 Å². The molecule has 2 aliphatic heterocycles. The Balaban J connectivity index is 0.000000336. The summed E-state index contributed by atoms with van der Waals surface area (Å²) in [7, 11) is 0. The van der Waals surface area contributed by atoms with E-state index in [1.807, 2.05) is 49.4 Å². The summed E-state index contributed by atoms with van der Waals surface area (Å²) in [6, 6.07) is 23.3. The van der Waals surface area contributed by atoms with Gasteiger partial charge in [-0.1, -0.05) is 48.9 Å². The monoisotopic (exact) mass is 681 g/mol. The summed E-state index contributed by atoms with van der Waals surface area (Å²) >= 11 is 6.48. The summed E-state index contributed by atoms with van der Waals surface area (Å²) in [5, 5.41) is 37.2. The molecular weight excluding hydrogens is 637 g/mol. The molecule has 0 amide bonds. The van der Waals surface area contributed by atoms with Crippen molar-refractivity contribution in [3.63, 3.8) is 0 Å². The highest BCUT2D eigenvalue weighted by atomic mass is 35.5. The fourth-order valence-corrected chi connectivity index (χ4v) is 5.57. The number of rotatable bonds is 8. The molecule has 4 aromatic carbocycles. The maximum absolute atomic E-state index is 13.4. The van der Waals surface area contributed by atoms with Crippen LogP contribution in [-0.4, -0.2) is 58.6 Å². The van der Waals surface area contributed by atoms with Crippen LogP contribution in [0, 0.1) is 12.7 Å². The van der Waals surface area contributed by atoms with Crippen LogP contribution in [0.15, 0.2) is 78.9 Å². The quantitative estimate of drug-likeness (QED) is 0.130. The van der Waals surface area contributed by atoms with Crippen LogP contribution in [-0.2, 0) is 17.6 Å². The van der Waals surface area contributed by atoms with Gasteiger partial charge in [0.25, 0.3) is 0 Å². The van der Waals surface area contributed by atoms with Crippen LogP contribution in [0.4, 0.5) is 10.1 Å². The second-order valence-corrected chi connectivity index (χ2v) is 12.4. The second kappa shape index (κ2) is 18.1. The summed E-state index contributed by atoms with van der Waals surface area (Å²) in [4.78, 5) is 0. The van der Waals surface area contributed by atoms with Crippen LogP contribution in [0.3, 0.4) is 0 Å². The molecule has 4 aromatic rings. The number of benzene rings is 4. The molecule has 2 aliphatic rings. The smallest absolute Gasteiger partial charge is 0.137 e. The molecule has 0 radical (unpaired) electrons. The third-order valence-corrected chi connectivity index (χ3v) is 8.48. The van der Waals surface area contributed by atoms with E-state index in [9.17, 15) is 14.6 Å². The first kappa shape index (κ1) is 37.0. The zero-order valence-electron chi connectivity index (χ0n) is 27.3. The van der Waals surface area contributed by atoms with Gasteiger partial charge >= 0.3 is 0 Å². The Bertz CT molecular complexity index is 1580. The maximum atomic E-state index is 13.4. The van der Waals surface area contributed by atoms with E-state index in [1.54, 1.807) is 31.2 Å². The first-order valence-electron chi connectivity index (χ1n) is 16.1. The van der Waals surface area contributed by atoms with Gasteiger partial charge in [-0.3, -0.25) is 0 Å². The van der Waals surface area contributed by atoms with Gasteiger partial charge in [-0.15, -0.1) is 0 Å². The molecule has 2 heterocycles. The summed E-state index contributed by atoms with van der Waals surface area (Å²) in [6.07, 6.45) is 1.80. The van der Waals surface area contributed by atoms with E-state index in [1.165, 1.54) is 12.1 Å². The molecule has 10 heteroatoms. The molecule has 48 heavy (non-hydrogen) atoms. The normalized spacial score (nSPS) is 19.6. The molecule has 4 atom stereocenters. The lowest BCUT2D eigenvalue weighted by Crippen LogP contribution is -2.33. The maximum Gasteiger partial charge on any atom is 0.137 e. The Morgan fingerprint density at radius 2 is 1.73 bits per heavy atom. The number of aromatic hydroxyl groups is 1. The first-order chi connectivity index (χ1) is 23.1. The van der Waals surface area contributed by atoms with E-state index in [4.69, 9.17) is 41.8 Å². The standard InChI is InChI=1S/C28H28ClFO5.C7H9NO.C3H8O/c29-26-7-3-18(28-14-22(32)13-24(15-31)34-28)10-19(26)9-17-1-5-23(6-2-17)33-16-25-12-20-11-21(30)4-8-27(20)35-25;1-5-6(8)3-2-4-7(5)9;1-2-3-4/h1-8,10-11,22,24-25,28,31-32H,9,12-16H2;2-4,9H,8H2,1H3;4H,2-3H2,1H3. The summed E-state index contributed by atoms with van der Waals surface area (Å²) in [5.41, 5.74) is 10.7. The lowest BCUT2D eigenvalue weighted by Gasteiger charge is -2.32. The number of hydrogen-bond donors (Lipinski definition) is 5. The van der Waals surface area contributed by atoms with Gasteiger partial charge in [0.05, 0.1) is 24.9 Å². The van der Waals surface area contributed by atoms with E-state index in [-0.39, 0.29) is 36.5 Å². The number of anilines is 1. The van der Waals surface area contributed by atoms with Crippen molar-refractivity contribution in [2.45, 2.75) is 70.4 Å². The highest BCUT2D eigenvalue weighted by Crippen LogP contribution is 2.34. The predicted octanol–water partition coefficient (Wildman–Crippen LogP) is 6.70. The fourth-order valence-electron chi connectivity index (χ4n) is 5.39. The minimum absolute atomic E-state index is 0.110. The van der Waals surface area contributed by atoms with Crippen LogP contribution in [0.5, 0.6) is 17.2 Å². The Kier molecular flexibility index (Phi) is 13.9. The molecule has 8 nitrogen and oxygen atoms in total. The highest BCUT2D eigenvalue weighted by Gasteiger charge is 2.29. The van der Waals surface area contributed by atoms with Crippen molar-refractivity contribution in [1.82, 2.24) is 0 Å². The van der Waals surface area contributed by atoms with Crippen molar-refractivity contribution < 1.29 is 39.0 Å². The molecule has 258 valence electrons. The van der Waals surface area contributed by atoms with Gasteiger partial charge in [-0.25, -0.2) is 4.39 Å². The molecule has 0 aromatic heterocycles. The minimum atomic E-state index is -0.498. The average Bonchev–Trinajstić information content (AvgIpc) is 3.50. The molecule has 1 saturated heterocycles. The minimum Gasteiger partial charge on any atom is -0.508 e. The van der Waals surface area contributed by atoms with Gasteiger partial charge in [0.1, 0.15) is 35.8 Å². The average molecular weight is 682 g/mol. The SMILES string of the molecule is CCCO.Cc1c(N)cccc1O.OCC1CC(O)CC(c2ccc(Cl)c(Cc3ccc(OCC4Cc5cc(F)ccc5O4)cc3)c2)O1. The van der Waals surface area contributed by atoms with Crippen LogP contribution < -0.4 is 15.2 Å². The lowest BCUT2D eigenvalue weighted by molar-refractivity contribution is -0.113. The summed E-state index contributed by atoms with van der Waals surface area (Å²) in [6.45, 7) is 4.30. The number of halogens is 2. The molecule has 0 bridgehead atoms. The van der Waals surface area contributed by atoms with Gasteiger partial charge in [0.2, 0.25) is 0 Å². The Labute approximate surface area is 286 Å². The van der Waals surface area contributed by atoms with E-state index < -0.39 is 6.10 Å². The van der Waals surface area contributed by atoms with Crippen molar-refractivity contribution >= 4 is 17.3 Å². The molecule has 6 rings (SSSR count). The van der Waals surface area contributed by atoms with Crippen LogP contribution in [0.25, 0.3) is 0 Å². The second-order valence-electron chi connectivity index (χ2n) is 11.9. The van der Waals surface area contributed by atoms with Crippen molar-refractivity contribution in [2.24, 2.45) is 0 Å². The van der Waals surface area contributed by atoms with Crippen molar-refractivity contribution in [1.29, 1.82) is 0 Å². The highest BCUT2D eigenvalue weighted by molar-refractivity contribution is 6.31. The third kappa shape index (κ3) is 10.6. The number of hydrogen-bond acceptors (Lipinski definition) is 8. The Hall–Kier alpha value is -3.86. The number of nitrogen functional groups attached to an aromatic ring is 1. The number of phenolic OH excluding ortho intramolecular Hbond substituents is 1. The van der Waals surface area contributed by atoms with Crippen LogP contribution in [0.1, 0.15) is 60.1 Å². The van der Waals surface area contributed by atoms with E-state index >= 15 is 0 Å². The summed E-state index contributed by atoms with van der Waals surface area (Å²) < 4.78 is 31.1. The number of aliphatic hydroxyl groups is 3. The molecular formula is C38H45ClFNO7. The van der Waals surface area contributed by atoms with Gasteiger partial charge < -0.3 is 40.4 Å². The van der Waals surface area contributed by atoms with Crippen molar-refractivity contribution in [3.8, 4) is 17.2 Å². The molecule has 1 fully saturated rings. The fraction of sp³-hybridized carbons (Fsp3) is 0.368. The van der Waals surface area contributed by atoms with E-state index in [0.29, 0.717) is 49.6 Å². The van der Waals surface area contributed by atoms with Crippen LogP contribution in [0.2, 0.25) is 5.02 Å². The zero-order valence-corrected chi connectivity index (χ0v) is 28.1. The number of fused-ring (bicyclic) bond motifs is 1. The molecule has 4 unspecified atom stereocenters. The molecule has 6 N–H and O–H groups in total. The van der Waals surface area contributed by atoms with Crippen LogP contribution >= 0.6 is 11.6 Å².